The number of aliphatic hydroxyl groups excluding tert-OH is 1. The molecule has 0 aliphatic heterocycles. The summed E-state index contributed by atoms with van der Waals surface area (Å²) in [4.78, 5) is 72.7. The number of alkyl carbamates (subject to hydrolysis) is 1. The van der Waals surface area contributed by atoms with E-state index in [0.717, 1.165) is 54.8 Å². The summed E-state index contributed by atoms with van der Waals surface area (Å²) in [5, 5.41) is 44.7. The Morgan fingerprint density at radius 2 is 1.62 bits per heavy atom. The van der Waals surface area contributed by atoms with Gasteiger partial charge in [0.25, 0.3) is 11.4 Å². The van der Waals surface area contributed by atoms with E-state index in [9.17, 15) is 39.7 Å². The van der Waals surface area contributed by atoms with Crippen LogP contribution in [0.1, 0.15) is 83.4 Å². The van der Waals surface area contributed by atoms with Crippen molar-refractivity contribution in [3.63, 3.8) is 0 Å². The molecule has 326 valence electrons. The van der Waals surface area contributed by atoms with E-state index in [2.05, 4.69) is 25.9 Å². The van der Waals surface area contributed by atoms with Gasteiger partial charge in [0.2, 0.25) is 11.8 Å². The largest absolute Gasteiger partial charge is 0.444 e. The number of hydrogen-bond acceptors (Lipinski definition) is 12. The van der Waals surface area contributed by atoms with Crippen molar-refractivity contribution in [2.45, 2.75) is 120 Å². The molecule has 1 saturated carbocycles. The molecule has 2 heterocycles. The molecule has 4 atom stereocenters. The monoisotopic (exact) mass is 858 g/mol. The third-order valence-corrected chi connectivity index (χ3v) is 11.3. The highest BCUT2D eigenvalue weighted by atomic mass is 32.2. The molecule has 0 saturated heterocycles. The van der Waals surface area contributed by atoms with Gasteiger partial charge in [-0.15, -0.1) is 11.8 Å². The highest BCUT2D eigenvalue weighted by Crippen LogP contribution is 2.31. The molecule has 2 aromatic heterocycles. The number of non-ortho nitro benzene ring substituents is 1. The topological polar surface area (TPSA) is 234 Å². The van der Waals surface area contributed by atoms with Crippen molar-refractivity contribution >= 4 is 41.0 Å². The van der Waals surface area contributed by atoms with Crippen molar-refractivity contribution < 1.29 is 34.1 Å². The van der Waals surface area contributed by atoms with Crippen molar-refractivity contribution in [1.29, 1.82) is 0 Å². The fourth-order valence-corrected chi connectivity index (χ4v) is 8.18. The molecule has 0 radical (unpaired) electrons. The SMILES string of the molecule is CC(C)(C)OC(=O)N[C@@H](Cc1ccccc1)C(=O)N[C@@H](Cc1cncn1-c1ccc([N+](=O)[O-])cc1[N+](=O)[O-])C(=O)N[C@@H](CC1CCCCC1)[C@@H](O)CCCSc1ccccn1. The van der Waals surface area contributed by atoms with Crippen molar-refractivity contribution in [1.82, 2.24) is 30.5 Å². The lowest BCUT2D eigenvalue weighted by molar-refractivity contribution is -0.394. The van der Waals surface area contributed by atoms with E-state index in [1.807, 2.05) is 24.3 Å². The first-order valence-electron chi connectivity index (χ1n) is 20.5. The normalized spacial score (nSPS) is 15.1. The van der Waals surface area contributed by atoms with Crippen molar-refractivity contribution in [3.8, 4) is 5.69 Å². The second-order valence-electron chi connectivity index (χ2n) is 16.2. The standard InChI is InChI=1S/C43H54N8O9S/c1-43(2,3)60-42(55)48-34(24-30-15-8-5-9-16-30)40(53)47-35(25-32-27-44-28-49(32)36-20-19-31(50(56)57)26-37(36)51(58)59)41(54)46-33(23-29-13-6-4-7-14-29)38(52)17-12-22-61-39-18-10-11-21-45-39/h5,8-11,15-16,18-21,26-29,33-35,38,52H,4,6-7,12-14,17,22-25H2,1-3H3,(H,46,54)(H,47,53)(H,48,55)/t33-,34-,35-,38-/m0/s1. The Morgan fingerprint density at radius 3 is 2.30 bits per heavy atom. The first-order chi connectivity index (χ1) is 29.2. The maximum Gasteiger partial charge on any atom is 0.408 e. The Hall–Kier alpha value is -5.88. The summed E-state index contributed by atoms with van der Waals surface area (Å²) in [6.07, 6.45) is 9.11. The number of nitro groups is 2. The number of thioether (sulfide) groups is 1. The Labute approximate surface area is 358 Å². The van der Waals surface area contributed by atoms with E-state index in [4.69, 9.17) is 4.74 Å². The van der Waals surface area contributed by atoms with Crippen LogP contribution in [0.5, 0.6) is 0 Å². The number of carbonyl (C=O) groups is 3. The van der Waals surface area contributed by atoms with Crippen LogP contribution in [0.3, 0.4) is 0 Å². The second-order valence-corrected chi connectivity index (χ2v) is 17.3. The molecule has 1 fully saturated rings. The minimum Gasteiger partial charge on any atom is -0.444 e. The number of nitrogens with zero attached hydrogens (tertiary/aromatic N) is 5. The molecule has 4 aromatic rings. The van der Waals surface area contributed by atoms with Crippen LogP contribution >= 0.6 is 11.8 Å². The zero-order valence-corrected chi connectivity index (χ0v) is 35.4. The van der Waals surface area contributed by atoms with Crippen molar-refractivity contribution in [3.05, 3.63) is 117 Å². The first kappa shape index (κ1) is 46.2. The first-order valence-corrected chi connectivity index (χ1v) is 21.5. The average Bonchev–Trinajstić information content (AvgIpc) is 3.69. The molecule has 4 N–H and O–H groups in total. The maximum absolute atomic E-state index is 14.6. The Bertz CT molecular complexity index is 2090. The quantitative estimate of drug-likeness (QED) is 0.0317. The van der Waals surface area contributed by atoms with Gasteiger partial charge in [-0.2, -0.15) is 0 Å². The van der Waals surface area contributed by atoms with Crippen LogP contribution in [0.2, 0.25) is 0 Å². The van der Waals surface area contributed by atoms with Crippen LogP contribution in [0.25, 0.3) is 5.69 Å². The van der Waals surface area contributed by atoms with E-state index in [1.54, 1.807) is 63.0 Å². The van der Waals surface area contributed by atoms with E-state index >= 15 is 0 Å². The van der Waals surface area contributed by atoms with Crippen LogP contribution in [-0.2, 0) is 27.2 Å². The van der Waals surface area contributed by atoms with E-state index < -0.39 is 69.0 Å². The van der Waals surface area contributed by atoms with E-state index in [0.29, 0.717) is 25.0 Å². The second kappa shape index (κ2) is 22.1. The predicted molar refractivity (Wildman–Crippen MR) is 229 cm³/mol. The fourth-order valence-electron chi connectivity index (χ4n) is 7.35. The summed E-state index contributed by atoms with van der Waals surface area (Å²) >= 11 is 1.57. The van der Waals surface area contributed by atoms with Gasteiger partial charge in [-0.05, 0) is 75.5 Å². The third-order valence-electron chi connectivity index (χ3n) is 10.3. The van der Waals surface area contributed by atoms with Crippen LogP contribution < -0.4 is 16.0 Å². The predicted octanol–water partition coefficient (Wildman–Crippen LogP) is 6.64. The van der Waals surface area contributed by atoms with Gasteiger partial charge < -0.3 is 25.8 Å². The Balaban J connectivity index is 1.45. The average molecular weight is 859 g/mol. The summed E-state index contributed by atoms with van der Waals surface area (Å²) in [6, 6.07) is 14.6. The van der Waals surface area contributed by atoms with Crippen molar-refractivity contribution in [2.75, 3.05) is 5.75 Å². The number of amides is 3. The smallest absolute Gasteiger partial charge is 0.408 e. The number of hydrogen-bond donors (Lipinski definition) is 4. The molecule has 61 heavy (non-hydrogen) atoms. The lowest BCUT2D eigenvalue weighted by Gasteiger charge is -2.32. The molecule has 18 heteroatoms. The number of rotatable bonds is 20. The van der Waals surface area contributed by atoms with Gasteiger partial charge in [0.1, 0.15) is 23.4 Å². The summed E-state index contributed by atoms with van der Waals surface area (Å²) in [5.41, 5.74) is -0.990. The molecule has 17 nitrogen and oxygen atoms in total. The van der Waals surface area contributed by atoms with Gasteiger partial charge in [-0.1, -0.05) is 68.5 Å². The molecule has 0 spiro atoms. The highest BCUT2D eigenvalue weighted by Gasteiger charge is 2.33. The van der Waals surface area contributed by atoms with Crippen molar-refractivity contribution in [2.24, 2.45) is 5.92 Å². The number of aliphatic hydroxyl groups is 1. The number of nitrogens with one attached hydrogen (secondary N) is 3. The molecular formula is C43H54N8O9S. The minimum atomic E-state index is -1.35. The van der Waals surface area contributed by atoms with Gasteiger partial charge in [0, 0.05) is 37.0 Å². The number of nitro benzene ring substituents is 2. The third kappa shape index (κ3) is 14.4. The molecule has 0 bridgehead atoms. The molecule has 2 aromatic carbocycles. The molecule has 1 aliphatic rings. The van der Waals surface area contributed by atoms with Gasteiger partial charge in [-0.3, -0.25) is 34.4 Å². The molecule has 5 rings (SSSR count). The highest BCUT2D eigenvalue weighted by molar-refractivity contribution is 7.99. The number of carbonyl (C=O) groups excluding carboxylic acids is 3. The van der Waals surface area contributed by atoms with E-state index in [-0.39, 0.29) is 30.1 Å². The lowest BCUT2D eigenvalue weighted by atomic mass is 9.83. The molecular weight excluding hydrogens is 805 g/mol. The summed E-state index contributed by atoms with van der Waals surface area (Å²) < 4.78 is 6.81. The fraction of sp³-hybridized carbons (Fsp3) is 0.465. The van der Waals surface area contributed by atoms with Crippen LogP contribution in [0.15, 0.2) is 90.5 Å². The zero-order chi connectivity index (χ0) is 43.9. The Kier molecular flexibility index (Phi) is 16.7. The van der Waals surface area contributed by atoms with Crippen LogP contribution in [0.4, 0.5) is 16.2 Å². The summed E-state index contributed by atoms with van der Waals surface area (Å²) in [5.74, 6) is -0.374. The molecule has 1 aliphatic carbocycles. The van der Waals surface area contributed by atoms with Crippen LogP contribution in [0, 0.1) is 26.1 Å². The summed E-state index contributed by atoms with van der Waals surface area (Å²) in [6.45, 7) is 5.07. The van der Waals surface area contributed by atoms with Gasteiger partial charge in [0.15, 0.2) is 0 Å². The van der Waals surface area contributed by atoms with Gasteiger partial charge in [-0.25, -0.2) is 14.8 Å². The van der Waals surface area contributed by atoms with E-state index in [1.165, 1.54) is 23.2 Å². The van der Waals surface area contributed by atoms with Gasteiger partial charge >= 0.3 is 6.09 Å². The van der Waals surface area contributed by atoms with Gasteiger partial charge in [0.05, 0.1) is 39.4 Å². The molecule has 3 amide bonds. The number of ether oxygens (including phenoxy) is 1. The number of pyridine rings is 1. The van der Waals surface area contributed by atoms with Crippen LogP contribution in [-0.4, -0.2) is 83.0 Å². The lowest BCUT2D eigenvalue weighted by Crippen LogP contribution is -2.57. The number of imidazole rings is 1. The number of benzene rings is 2. The minimum absolute atomic E-state index is 0.0451. The zero-order valence-electron chi connectivity index (χ0n) is 34.6. The Morgan fingerprint density at radius 1 is 0.918 bits per heavy atom. The summed E-state index contributed by atoms with van der Waals surface area (Å²) in [7, 11) is 0. The number of aromatic nitrogens is 3. The maximum atomic E-state index is 14.6. The molecule has 0 unspecified atom stereocenters.